The molecule has 1 aliphatic rings. The molecule has 1 heterocycles. The first-order valence-electron chi connectivity index (χ1n) is 8.34. The molecule has 0 radical (unpaired) electrons. The lowest BCUT2D eigenvalue weighted by molar-refractivity contribution is 0.122. The van der Waals surface area contributed by atoms with E-state index in [1.54, 1.807) is 0 Å². The number of rotatable bonds is 6. The molecular weight excluding hydrogens is 324 g/mol. The zero-order valence-corrected chi connectivity index (χ0v) is 14.7. The van der Waals surface area contributed by atoms with E-state index in [0.29, 0.717) is 11.6 Å². The lowest BCUT2D eigenvalue weighted by Gasteiger charge is -2.28. The molecular formula is C19H23ClN2O2. The average Bonchev–Trinajstić information content (AvgIpc) is 2.63. The van der Waals surface area contributed by atoms with Crippen LogP contribution in [0.5, 0.6) is 5.75 Å². The fourth-order valence-electron chi connectivity index (χ4n) is 2.74. The van der Waals surface area contributed by atoms with Crippen LogP contribution in [0.2, 0.25) is 5.02 Å². The normalized spacial score (nSPS) is 14.5. The van der Waals surface area contributed by atoms with Crippen molar-refractivity contribution in [2.45, 2.75) is 13.5 Å². The van der Waals surface area contributed by atoms with Crippen molar-refractivity contribution in [2.24, 2.45) is 0 Å². The van der Waals surface area contributed by atoms with E-state index < -0.39 is 0 Å². The Morgan fingerprint density at radius 1 is 1.12 bits per heavy atom. The van der Waals surface area contributed by atoms with Gasteiger partial charge in [-0.05, 0) is 48.9 Å². The van der Waals surface area contributed by atoms with Gasteiger partial charge >= 0.3 is 0 Å². The monoisotopic (exact) mass is 346 g/mol. The molecule has 0 spiro atoms. The second-order valence-corrected chi connectivity index (χ2v) is 6.10. The third-order valence-corrected chi connectivity index (χ3v) is 4.33. The molecule has 2 aromatic rings. The summed E-state index contributed by atoms with van der Waals surface area (Å²) >= 11 is 6.23. The van der Waals surface area contributed by atoms with Crippen LogP contribution in [-0.2, 0) is 11.3 Å². The average molecular weight is 347 g/mol. The third-order valence-electron chi connectivity index (χ3n) is 4.04. The van der Waals surface area contributed by atoms with Crippen molar-refractivity contribution in [3.63, 3.8) is 0 Å². The van der Waals surface area contributed by atoms with Crippen molar-refractivity contribution in [1.29, 1.82) is 0 Å². The van der Waals surface area contributed by atoms with Gasteiger partial charge in [0.2, 0.25) is 0 Å². The van der Waals surface area contributed by atoms with Gasteiger partial charge in [-0.15, -0.1) is 0 Å². The number of nitrogens with one attached hydrogen (secondary N) is 1. The maximum Gasteiger partial charge on any atom is 0.137 e. The summed E-state index contributed by atoms with van der Waals surface area (Å²) in [5.41, 5.74) is 3.46. The van der Waals surface area contributed by atoms with Gasteiger partial charge in [0, 0.05) is 31.0 Å². The van der Waals surface area contributed by atoms with Crippen LogP contribution in [0.4, 0.5) is 11.4 Å². The van der Waals surface area contributed by atoms with Crippen molar-refractivity contribution < 1.29 is 9.47 Å². The van der Waals surface area contributed by atoms with Crippen LogP contribution in [0.15, 0.2) is 42.5 Å². The number of ether oxygens (including phenoxy) is 2. The molecule has 1 N–H and O–H groups in total. The standard InChI is InChI=1S/C19H23ClN2O2/c1-2-24-19-8-3-15(13-18(19)20)14-21-16-4-6-17(7-5-16)22-9-11-23-12-10-22/h3-8,13,21H,2,9-12,14H2,1H3. The van der Waals surface area contributed by atoms with Gasteiger partial charge in [0.25, 0.3) is 0 Å². The van der Waals surface area contributed by atoms with E-state index in [1.807, 2.05) is 25.1 Å². The zero-order chi connectivity index (χ0) is 16.8. The van der Waals surface area contributed by atoms with E-state index >= 15 is 0 Å². The quantitative estimate of drug-likeness (QED) is 0.850. The fourth-order valence-corrected chi connectivity index (χ4v) is 3.00. The predicted octanol–water partition coefficient (Wildman–Crippen LogP) is 4.19. The van der Waals surface area contributed by atoms with Gasteiger partial charge in [-0.3, -0.25) is 0 Å². The van der Waals surface area contributed by atoms with Crippen molar-refractivity contribution in [2.75, 3.05) is 43.1 Å². The Hall–Kier alpha value is -1.91. The number of nitrogens with zero attached hydrogens (tertiary/aromatic N) is 1. The highest BCUT2D eigenvalue weighted by Gasteiger charge is 2.10. The molecule has 3 rings (SSSR count). The second-order valence-electron chi connectivity index (χ2n) is 5.70. The molecule has 2 aromatic carbocycles. The number of benzene rings is 2. The fraction of sp³-hybridized carbons (Fsp3) is 0.368. The molecule has 0 aromatic heterocycles. The summed E-state index contributed by atoms with van der Waals surface area (Å²) in [6.45, 7) is 6.81. The number of anilines is 2. The molecule has 0 amide bonds. The minimum absolute atomic E-state index is 0.618. The molecule has 0 bridgehead atoms. The minimum atomic E-state index is 0.618. The zero-order valence-electron chi connectivity index (χ0n) is 13.9. The van der Waals surface area contributed by atoms with Crippen molar-refractivity contribution in [3.8, 4) is 5.75 Å². The first-order chi connectivity index (χ1) is 11.8. The molecule has 1 saturated heterocycles. The highest BCUT2D eigenvalue weighted by atomic mass is 35.5. The maximum atomic E-state index is 6.23. The number of halogens is 1. The van der Waals surface area contributed by atoms with E-state index in [-0.39, 0.29) is 0 Å². The molecule has 4 nitrogen and oxygen atoms in total. The van der Waals surface area contributed by atoms with Gasteiger partial charge in [0.05, 0.1) is 24.8 Å². The van der Waals surface area contributed by atoms with Crippen LogP contribution in [0, 0.1) is 0 Å². The smallest absolute Gasteiger partial charge is 0.137 e. The summed E-state index contributed by atoms with van der Waals surface area (Å²) in [5.74, 6) is 0.734. The molecule has 0 unspecified atom stereocenters. The Morgan fingerprint density at radius 3 is 2.54 bits per heavy atom. The molecule has 1 fully saturated rings. The van der Waals surface area contributed by atoms with E-state index in [0.717, 1.165) is 49.8 Å². The third kappa shape index (κ3) is 4.34. The number of hydrogen-bond acceptors (Lipinski definition) is 4. The van der Waals surface area contributed by atoms with Gasteiger partial charge < -0.3 is 19.7 Å². The SMILES string of the molecule is CCOc1ccc(CNc2ccc(N3CCOCC3)cc2)cc1Cl. The maximum absolute atomic E-state index is 6.23. The summed E-state index contributed by atoms with van der Waals surface area (Å²) in [5, 5.41) is 4.08. The summed E-state index contributed by atoms with van der Waals surface area (Å²) in [7, 11) is 0. The van der Waals surface area contributed by atoms with E-state index in [1.165, 1.54) is 5.69 Å². The van der Waals surface area contributed by atoms with Gasteiger partial charge in [0.1, 0.15) is 5.75 Å². The first kappa shape index (κ1) is 16.9. The largest absolute Gasteiger partial charge is 0.492 e. The Morgan fingerprint density at radius 2 is 1.88 bits per heavy atom. The lowest BCUT2D eigenvalue weighted by Crippen LogP contribution is -2.36. The summed E-state index contributed by atoms with van der Waals surface area (Å²) < 4.78 is 10.9. The highest BCUT2D eigenvalue weighted by molar-refractivity contribution is 6.32. The van der Waals surface area contributed by atoms with Crippen molar-refractivity contribution >= 4 is 23.0 Å². The molecule has 0 saturated carbocycles. The minimum Gasteiger partial charge on any atom is -0.492 e. The van der Waals surface area contributed by atoms with Crippen LogP contribution in [0.25, 0.3) is 0 Å². The van der Waals surface area contributed by atoms with E-state index in [9.17, 15) is 0 Å². The van der Waals surface area contributed by atoms with E-state index in [4.69, 9.17) is 21.1 Å². The molecule has 5 heteroatoms. The van der Waals surface area contributed by atoms with Gasteiger partial charge in [-0.2, -0.15) is 0 Å². The predicted molar refractivity (Wildman–Crippen MR) is 99.4 cm³/mol. The van der Waals surface area contributed by atoms with Crippen molar-refractivity contribution in [1.82, 2.24) is 0 Å². The molecule has 0 aliphatic carbocycles. The molecule has 24 heavy (non-hydrogen) atoms. The first-order valence-corrected chi connectivity index (χ1v) is 8.72. The highest BCUT2D eigenvalue weighted by Crippen LogP contribution is 2.26. The Labute approximate surface area is 148 Å². The Bertz CT molecular complexity index is 655. The summed E-state index contributed by atoms with van der Waals surface area (Å²) in [4.78, 5) is 2.35. The van der Waals surface area contributed by atoms with Crippen molar-refractivity contribution in [3.05, 3.63) is 53.1 Å². The van der Waals surface area contributed by atoms with Gasteiger partial charge in [-0.25, -0.2) is 0 Å². The molecule has 128 valence electrons. The Kier molecular flexibility index (Phi) is 5.83. The van der Waals surface area contributed by atoms with Crippen LogP contribution in [0.1, 0.15) is 12.5 Å². The summed E-state index contributed by atoms with van der Waals surface area (Å²) in [6.07, 6.45) is 0. The summed E-state index contributed by atoms with van der Waals surface area (Å²) in [6, 6.07) is 14.4. The van der Waals surface area contributed by atoms with Crippen LogP contribution in [-0.4, -0.2) is 32.9 Å². The molecule has 1 aliphatic heterocycles. The van der Waals surface area contributed by atoms with Crippen LogP contribution >= 0.6 is 11.6 Å². The van der Waals surface area contributed by atoms with E-state index in [2.05, 4.69) is 34.5 Å². The lowest BCUT2D eigenvalue weighted by atomic mass is 10.2. The van der Waals surface area contributed by atoms with Crippen LogP contribution in [0.3, 0.4) is 0 Å². The number of hydrogen-bond donors (Lipinski definition) is 1. The Balaban J connectivity index is 1.57. The van der Waals surface area contributed by atoms with Crippen LogP contribution < -0.4 is 15.0 Å². The second kappa shape index (κ2) is 8.27. The number of morpholine rings is 1. The van der Waals surface area contributed by atoms with Gasteiger partial charge in [0.15, 0.2) is 0 Å². The van der Waals surface area contributed by atoms with Gasteiger partial charge in [-0.1, -0.05) is 17.7 Å². The molecule has 0 atom stereocenters. The topological polar surface area (TPSA) is 33.7 Å².